The Kier molecular flexibility index (Phi) is 5.63. The molecule has 0 spiro atoms. The minimum absolute atomic E-state index is 0.128. The predicted octanol–water partition coefficient (Wildman–Crippen LogP) is 4.40. The van der Waals surface area contributed by atoms with Gasteiger partial charge in [-0.25, -0.2) is 0 Å². The maximum atomic E-state index is 11.3. The summed E-state index contributed by atoms with van der Waals surface area (Å²) in [6.45, 7) is 0. The number of ether oxygens (including phenoxy) is 1. The molecule has 0 saturated carbocycles. The van der Waals surface area contributed by atoms with Crippen LogP contribution in [0.4, 0.5) is 5.69 Å². The minimum Gasteiger partial charge on any atom is -0.464 e. The topological polar surface area (TPSA) is 78.4 Å². The number of benzene rings is 3. The number of nitrogens with zero attached hydrogens (tertiary/aromatic N) is 1. The lowest BCUT2D eigenvalue weighted by molar-refractivity contribution is -0.386. The first-order valence-corrected chi connectivity index (χ1v) is 11.1. The molecule has 3 aromatic rings. The molecular formula is C28H24N2O3. The second-order valence-corrected chi connectivity index (χ2v) is 8.22. The molecule has 33 heavy (non-hydrogen) atoms. The zero-order valence-electron chi connectivity index (χ0n) is 18.1. The quantitative estimate of drug-likeness (QED) is 0.453. The van der Waals surface area contributed by atoms with E-state index in [4.69, 9.17) is 10.5 Å². The molecule has 0 radical (unpaired) electrons. The number of allylic oxidation sites excluding steroid dienone is 2. The number of non-ortho nitro benzene ring substituents is 1. The average Bonchev–Trinajstić information content (AvgIpc) is 3.09. The zero-order valence-corrected chi connectivity index (χ0v) is 18.1. The number of fused-ring (bicyclic) bond motifs is 5. The maximum absolute atomic E-state index is 11.3. The Labute approximate surface area is 191 Å². The smallest absolute Gasteiger partial charge is 0.276 e. The number of para-hydroxylation sites is 1. The molecule has 0 aromatic heterocycles. The molecule has 5 nitrogen and oxygen atoms in total. The summed E-state index contributed by atoms with van der Waals surface area (Å²) in [4.78, 5) is 10.9. The first-order chi connectivity index (χ1) is 16.1. The Bertz CT molecular complexity index is 1520. The monoisotopic (exact) mass is 436 g/mol. The van der Waals surface area contributed by atoms with Gasteiger partial charge in [-0.05, 0) is 64.3 Å². The number of nitrogens with two attached hydrogens (primary N) is 1. The molecule has 6 rings (SSSR count). The summed E-state index contributed by atoms with van der Waals surface area (Å²) in [7, 11) is 0. The standard InChI is InChI=1S/C18H16N2O2.C10H8O/c19-16-10-15-13(6-3-7-17(15)20(21)22)14-9-8-11-4-1-2-5-12(11)18(14)16;1-2-7-10-9(5-1)6-3-4-8-11-10/h3-4,6-10,16H,1-2,5,19H2;1-8H. The van der Waals surface area contributed by atoms with E-state index >= 15 is 0 Å². The van der Waals surface area contributed by atoms with Gasteiger partial charge < -0.3 is 10.5 Å². The number of nitro groups is 1. The van der Waals surface area contributed by atoms with Gasteiger partial charge >= 0.3 is 0 Å². The van der Waals surface area contributed by atoms with Gasteiger partial charge in [-0.15, -0.1) is 0 Å². The van der Waals surface area contributed by atoms with Crippen molar-refractivity contribution in [3.8, 4) is 5.75 Å². The van der Waals surface area contributed by atoms with E-state index in [0.29, 0.717) is 5.22 Å². The van der Waals surface area contributed by atoms with E-state index in [2.05, 4.69) is 18.2 Å². The maximum Gasteiger partial charge on any atom is 0.276 e. The molecule has 2 aliphatic carbocycles. The van der Waals surface area contributed by atoms with Crippen molar-refractivity contribution in [1.29, 1.82) is 0 Å². The highest BCUT2D eigenvalue weighted by Gasteiger charge is 2.20. The Morgan fingerprint density at radius 1 is 1.00 bits per heavy atom. The van der Waals surface area contributed by atoms with Crippen LogP contribution in [0.5, 0.6) is 5.75 Å². The van der Waals surface area contributed by atoms with E-state index in [9.17, 15) is 10.1 Å². The highest BCUT2D eigenvalue weighted by atomic mass is 16.6. The van der Waals surface area contributed by atoms with Crippen molar-refractivity contribution >= 4 is 23.9 Å². The summed E-state index contributed by atoms with van der Waals surface area (Å²) in [5.74, 6) is 0.914. The molecule has 2 N–H and O–H groups in total. The van der Waals surface area contributed by atoms with Gasteiger partial charge in [-0.3, -0.25) is 10.1 Å². The van der Waals surface area contributed by atoms with E-state index in [1.807, 2.05) is 54.6 Å². The predicted molar refractivity (Wildman–Crippen MR) is 131 cm³/mol. The summed E-state index contributed by atoms with van der Waals surface area (Å²) < 4.78 is 5.31. The molecule has 3 aromatic carbocycles. The number of nitro benzene ring substituents is 1. The molecule has 164 valence electrons. The van der Waals surface area contributed by atoms with Crippen LogP contribution in [0.3, 0.4) is 0 Å². The highest BCUT2D eigenvalue weighted by Crippen LogP contribution is 2.24. The molecule has 1 aliphatic heterocycles. The molecule has 1 heterocycles. The average molecular weight is 437 g/mol. The van der Waals surface area contributed by atoms with Gasteiger partial charge in [0.2, 0.25) is 0 Å². The molecule has 0 bridgehead atoms. The molecule has 0 fully saturated rings. The van der Waals surface area contributed by atoms with Crippen LogP contribution < -0.4 is 20.9 Å². The summed E-state index contributed by atoms with van der Waals surface area (Å²) in [6.07, 6.45) is 14.9. The van der Waals surface area contributed by atoms with Gasteiger partial charge in [0.15, 0.2) is 0 Å². The first kappa shape index (κ1) is 20.9. The summed E-state index contributed by atoms with van der Waals surface area (Å²) >= 11 is 0. The van der Waals surface area contributed by atoms with Gasteiger partial charge in [-0.2, -0.15) is 0 Å². The van der Waals surface area contributed by atoms with Crippen molar-refractivity contribution in [2.75, 3.05) is 0 Å². The Morgan fingerprint density at radius 2 is 1.88 bits per heavy atom. The van der Waals surface area contributed by atoms with Crippen LogP contribution in [0.15, 0.2) is 73.0 Å². The third-order valence-electron chi connectivity index (χ3n) is 6.22. The molecule has 0 saturated heterocycles. The second-order valence-electron chi connectivity index (χ2n) is 8.22. The van der Waals surface area contributed by atoms with Crippen molar-refractivity contribution in [1.82, 2.24) is 0 Å². The Morgan fingerprint density at radius 3 is 2.76 bits per heavy atom. The fourth-order valence-corrected chi connectivity index (χ4v) is 4.73. The third kappa shape index (κ3) is 3.99. The normalized spacial score (nSPS) is 16.7. The van der Waals surface area contributed by atoms with Crippen LogP contribution in [-0.2, 0) is 6.42 Å². The molecule has 3 aliphatic rings. The lowest BCUT2D eigenvalue weighted by Gasteiger charge is -2.20. The van der Waals surface area contributed by atoms with Crippen molar-refractivity contribution in [2.24, 2.45) is 5.73 Å². The van der Waals surface area contributed by atoms with Crippen LogP contribution in [0, 0.1) is 20.6 Å². The summed E-state index contributed by atoms with van der Waals surface area (Å²) in [5, 5.41) is 15.1. The number of hydrogen-bond donors (Lipinski definition) is 1. The van der Waals surface area contributed by atoms with E-state index in [1.165, 1.54) is 10.8 Å². The summed E-state index contributed by atoms with van der Waals surface area (Å²) in [5.41, 5.74) is 10.1. The van der Waals surface area contributed by atoms with Gasteiger partial charge in [-0.1, -0.05) is 60.7 Å². The van der Waals surface area contributed by atoms with Crippen molar-refractivity contribution in [3.05, 3.63) is 121 Å². The molecule has 1 unspecified atom stereocenters. The Balaban J connectivity index is 0.000000174. The fourth-order valence-electron chi connectivity index (χ4n) is 4.73. The Hall–Kier alpha value is -3.96. The van der Waals surface area contributed by atoms with Crippen molar-refractivity contribution in [3.63, 3.8) is 0 Å². The van der Waals surface area contributed by atoms with Crippen LogP contribution >= 0.6 is 0 Å². The second kappa shape index (κ2) is 8.88. The molecular weight excluding hydrogens is 412 g/mol. The molecule has 1 atom stereocenters. The third-order valence-corrected chi connectivity index (χ3v) is 6.22. The highest BCUT2D eigenvalue weighted by molar-refractivity contribution is 5.59. The lowest BCUT2D eigenvalue weighted by Crippen LogP contribution is -2.26. The molecule has 0 amide bonds. The van der Waals surface area contributed by atoms with E-state index < -0.39 is 0 Å². The zero-order chi connectivity index (χ0) is 22.8. The number of hydrogen-bond acceptors (Lipinski definition) is 4. The van der Waals surface area contributed by atoms with Gasteiger partial charge in [0, 0.05) is 11.6 Å². The van der Waals surface area contributed by atoms with Crippen molar-refractivity contribution in [2.45, 2.75) is 25.3 Å². The van der Waals surface area contributed by atoms with E-state index in [-0.39, 0.29) is 16.7 Å². The van der Waals surface area contributed by atoms with Gasteiger partial charge in [0.05, 0.1) is 22.4 Å². The van der Waals surface area contributed by atoms with Crippen LogP contribution in [0.2, 0.25) is 0 Å². The van der Waals surface area contributed by atoms with Crippen molar-refractivity contribution < 1.29 is 9.66 Å². The van der Waals surface area contributed by atoms with Gasteiger partial charge in [0.25, 0.3) is 5.69 Å². The van der Waals surface area contributed by atoms with E-state index in [1.54, 1.807) is 18.4 Å². The lowest BCUT2D eigenvalue weighted by atomic mass is 9.86. The van der Waals surface area contributed by atoms with E-state index in [0.717, 1.165) is 46.6 Å². The minimum atomic E-state index is -0.334. The fraction of sp³-hybridized carbons (Fsp3) is 0.143. The van der Waals surface area contributed by atoms with Crippen LogP contribution in [-0.4, -0.2) is 4.92 Å². The largest absolute Gasteiger partial charge is 0.464 e. The van der Waals surface area contributed by atoms with Gasteiger partial charge in [0.1, 0.15) is 5.75 Å². The first-order valence-electron chi connectivity index (χ1n) is 11.1. The summed E-state index contributed by atoms with van der Waals surface area (Å²) in [6, 6.07) is 17.1. The van der Waals surface area contributed by atoms with Crippen LogP contribution in [0.1, 0.15) is 35.6 Å². The molecule has 5 heteroatoms. The number of rotatable bonds is 1. The SMILES string of the molecule is C1=COc2ccccc2C=C1.NC1C=c2c([N+](=O)[O-])cccc2=c2ccc3c(c21)CCCC=3. The van der Waals surface area contributed by atoms with Crippen LogP contribution in [0.25, 0.3) is 18.2 Å².